The number of rotatable bonds is 5. The Hall–Kier alpha value is -2.96. The minimum absolute atomic E-state index is 0.136. The topological polar surface area (TPSA) is 67.4 Å². The van der Waals surface area contributed by atoms with Gasteiger partial charge in [0.15, 0.2) is 11.6 Å². The number of amides is 1. The van der Waals surface area contributed by atoms with E-state index in [1.807, 2.05) is 0 Å². The van der Waals surface area contributed by atoms with Gasteiger partial charge in [-0.25, -0.2) is 13.6 Å². The van der Waals surface area contributed by atoms with E-state index in [9.17, 15) is 18.4 Å². The number of halogens is 2. The van der Waals surface area contributed by atoms with E-state index in [-0.39, 0.29) is 17.8 Å². The standard InChI is InChI=1S/C16H14F2N2O3/c1-23-16(22)11-4-2-3-5-14(11)19-9-15(21)20-10-6-7-12(17)13(18)8-10/h2-8,19H,9H2,1H3,(H,20,21). The lowest BCUT2D eigenvalue weighted by Gasteiger charge is -2.11. The molecule has 2 N–H and O–H groups in total. The average molecular weight is 320 g/mol. The lowest BCUT2D eigenvalue weighted by atomic mass is 10.2. The molecular weight excluding hydrogens is 306 g/mol. The molecule has 120 valence electrons. The summed E-state index contributed by atoms with van der Waals surface area (Å²) in [5.74, 6) is -3.05. The van der Waals surface area contributed by atoms with Crippen molar-refractivity contribution in [1.29, 1.82) is 0 Å². The molecule has 2 rings (SSSR count). The van der Waals surface area contributed by atoms with Gasteiger partial charge in [-0.15, -0.1) is 0 Å². The van der Waals surface area contributed by atoms with E-state index < -0.39 is 23.5 Å². The molecule has 7 heteroatoms. The van der Waals surface area contributed by atoms with Crippen LogP contribution in [0.15, 0.2) is 42.5 Å². The van der Waals surface area contributed by atoms with Crippen molar-refractivity contribution in [2.45, 2.75) is 0 Å². The van der Waals surface area contributed by atoms with Gasteiger partial charge in [0.05, 0.1) is 19.2 Å². The van der Waals surface area contributed by atoms with E-state index in [2.05, 4.69) is 15.4 Å². The zero-order valence-electron chi connectivity index (χ0n) is 12.2. The van der Waals surface area contributed by atoms with Crippen LogP contribution in [0.3, 0.4) is 0 Å². The summed E-state index contributed by atoms with van der Waals surface area (Å²) in [6, 6.07) is 9.60. The molecule has 0 radical (unpaired) electrons. The summed E-state index contributed by atoms with van der Waals surface area (Å²) in [7, 11) is 1.26. The second-order valence-corrected chi connectivity index (χ2v) is 4.57. The first-order valence-electron chi connectivity index (χ1n) is 6.67. The number of hydrogen-bond acceptors (Lipinski definition) is 4. The molecule has 1 amide bonds. The largest absolute Gasteiger partial charge is 0.465 e. The summed E-state index contributed by atoms with van der Waals surface area (Å²) in [5.41, 5.74) is 0.854. The van der Waals surface area contributed by atoms with Crippen LogP contribution in [0.4, 0.5) is 20.2 Å². The number of esters is 1. The van der Waals surface area contributed by atoms with Gasteiger partial charge in [-0.2, -0.15) is 0 Å². The maximum absolute atomic E-state index is 13.1. The number of carbonyl (C=O) groups excluding carboxylic acids is 2. The fourth-order valence-electron chi connectivity index (χ4n) is 1.88. The van der Waals surface area contributed by atoms with Crippen LogP contribution in [0.5, 0.6) is 0 Å². The number of anilines is 2. The third kappa shape index (κ3) is 4.26. The smallest absolute Gasteiger partial charge is 0.339 e. The molecule has 0 spiro atoms. The van der Waals surface area contributed by atoms with Gasteiger partial charge in [-0.3, -0.25) is 4.79 Å². The van der Waals surface area contributed by atoms with E-state index in [0.717, 1.165) is 12.1 Å². The molecule has 0 atom stereocenters. The molecule has 23 heavy (non-hydrogen) atoms. The molecule has 0 saturated heterocycles. The van der Waals surface area contributed by atoms with Crippen molar-refractivity contribution < 1.29 is 23.1 Å². The molecule has 5 nitrogen and oxygen atoms in total. The Morgan fingerprint density at radius 2 is 1.83 bits per heavy atom. The molecule has 0 aliphatic rings. The van der Waals surface area contributed by atoms with Crippen LogP contribution in [0.1, 0.15) is 10.4 Å². The van der Waals surface area contributed by atoms with Crippen LogP contribution in [0, 0.1) is 11.6 Å². The normalized spacial score (nSPS) is 10.0. The first-order valence-corrected chi connectivity index (χ1v) is 6.67. The second-order valence-electron chi connectivity index (χ2n) is 4.57. The Balaban J connectivity index is 1.99. The molecule has 0 aliphatic carbocycles. The van der Waals surface area contributed by atoms with Crippen molar-refractivity contribution in [2.24, 2.45) is 0 Å². The molecule has 0 fully saturated rings. The highest BCUT2D eigenvalue weighted by atomic mass is 19.2. The predicted molar refractivity (Wildman–Crippen MR) is 81.3 cm³/mol. The highest BCUT2D eigenvalue weighted by Gasteiger charge is 2.12. The van der Waals surface area contributed by atoms with Crippen LogP contribution >= 0.6 is 0 Å². The first-order chi connectivity index (χ1) is 11.0. The maximum atomic E-state index is 13.1. The monoisotopic (exact) mass is 320 g/mol. The fraction of sp³-hybridized carbons (Fsp3) is 0.125. The number of benzene rings is 2. The van der Waals surface area contributed by atoms with Gasteiger partial charge in [0.25, 0.3) is 0 Å². The number of methoxy groups -OCH3 is 1. The van der Waals surface area contributed by atoms with Crippen LogP contribution in [-0.4, -0.2) is 25.5 Å². The van der Waals surface area contributed by atoms with Crippen molar-refractivity contribution in [1.82, 2.24) is 0 Å². The Bertz CT molecular complexity index is 735. The van der Waals surface area contributed by atoms with Gasteiger partial charge in [0.1, 0.15) is 0 Å². The Labute approximate surface area is 131 Å². The van der Waals surface area contributed by atoms with Crippen LogP contribution < -0.4 is 10.6 Å². The Morgan fingerprint density at radius 3 is 2.52 bits per heavy atom. The van der Waals surface area contributed by atoms with Gasteiger partial charge < -0.3 is 15.4 Å². The molecule has 2 aromatic rings. The number of carbonyl (C=O) groups is 2. The summed E-state index contributed by atoms with van der Waals surface area (Å²) in [6.07, 6.45) is 0. The Kier molecular flexibility index (Phi) is 5.24. The third-order valence-electron chi connectivity index (χ3n) is 2.98. The van der Waals surface area contributed by atoms with Crippen molar-refractivity contribution in [3.63, 3.8) is 0 Å². The quantitative estimate of drug-likeness (QED) is 0.831. The van der Waals surface area contributed by atoms with E-state index in [1.165, 1.54) is 13.2 Å². The SMILES string of the molecule is COC(=O)c1ccccc1NCC(=O)Nc1ccc(F)c(F)c1. The van der Waals surface area contributed by atoms with E-state index >= 15 is 0 Å². The van der Waals surface area contributed by atoms with Crippen molar-refractivity contribution in [3.8, 4) is 0 Å². The van der Waals surface area contributed by atoms with Gasteiger partial charge in [0, 0.05) is 17.4 Å². The minimum Gasteiger partial charge on any atom is -0.465 e. The lowest BCUT2D eigenvalue weighted by Crippen LogP contribution is -2.22. The molecule has 0 bridgehead atoms. The maximum Gasteiger partial charge on any atom is 0.339 e. The summed E-state index contributed by atoms with van der Waals surface area (Å²) < 4.78 is 30.5. The lowest BCUT2D eigenvalue weighted by molar-refractivity contribution is -0.114. The van der Waals surface area contributed by atoms with Crippen molar-refractivity contribution in [2.75, 3.05) is 24.3 Å². The van der Waals surface area contributed by atoms with Crippen LogP contribution in [-0.2, 0) is 9.53 Å². The molecule has 0 aliphatic heterocycles. The van der Waals surface area contributed by atoms with Gasteiger partial charge in [-0.05, 0) is 24.3 Å². The molecule has 0 unspecified atom stereocenters. The zero-order valence-corrected chi connectivity index (χ0v) is 12.2. The number of nitrogens with one attached hydrogen (secondary N) is 2. The van der Waals surface area contributed by atoms with Crippen LogP contribution in [0.25, 0.3) is 0 Å². The number of hydrogen-bond donors (Lipinski definition) is 2. The number of ether oxygens (including phenoxy) is 1. The fourth-order valence-corrected chi connectivity index (χ4v) is 1.88. The summed E-state index contributed by atoms with van der Waals surface area (Å²) in [5, 5.41) is 5.21. The van der Waals surface area contributed by atoms with Gasteiger partial charge >= 0.3 is 5.97 Å². The third-order valence-corrected chi connectivity index (χ3v) is 2.98. The summed E-state index contributed by atoms with van der Waals surface area (Å²) >= 11 is 0. The zero-order chi connectivity index (χ0) is 16.8. The number of para-hydroxylation sites is 1. The van der Waals surface area contributed by atoms with Crippen LogP contribution in [0.2, 0.25) is 0 Å². The highest BCUT2D eigenvalue weighted by molar-refractivity contribution is 5.98. The van der Waals surface area contributed by atoms with Crippen molar-refractivity contribution in [3.05, 3.63) is 59.7 Å². The van der Waals surface area contributed by atoms with Gasteiger partial charge in [-0.1, -0.05) is 12.1 Å². The molecule has 0 heterocycles. The van der Waals surface area contributed by atoms with Gasteiger partial charge in [0.2, 0.25) is 5.91 Å². The second kappa shape index (κ2) is 7.35. The minimum atomic E-state index is -1.05. The van der Waals surface area contributed by atoms with E-state index in [0.29, 0.717) is 5.69 Å². The summed E-state index contributed by atoms with van der Waals surface area (Å²) in [6.45, 7) is -0.160. The molecular formula is C16H14F2N2O3. The summed E-state index contributed by atoms with van der Waals surface area (Å²) in [4.78, 5) is 23.4. The predicted octanol–water partition coefficient (Wildman–Crippen LogP) is 2.80. The molecule has 0 saturated carbocycles. The van der Waals surface area contributed by atoms with E-state index in [1.54, 1.807) is 24.3 Å². The molecule has 0 aromatic heterocycles. The van der Waals surface area contributed by atoms with Crippen molar-refractivity contribution >= 4 is 23.3 Å². The van der Waals surface area contributed by atoms with E-state index in [4.69, 9.17) is 0 Å². The highest BCUT2D eigenvalue weighted by Crippen LogP contribution is 2.16. The Morgan fingerprint density at radius 1 is 1.09 bits per heavy atom. The first kappa shape index (κ1) is 16.4. The molecule has 2 aromatic carbocycles. The average Bonchev–Trinajstić information content (AvgIpc) is 2.56.